The highest BCUT2D eigenvalue weighted by atomic mass is 35.5. The fourth-order valence-electron chi connectivity index (χ4n) is 2.62. The summed E-state index contributed by atoms with van der Waals surface area (Å²) in [5.41, 5.74) is 1.29. The van der Waals surface area contributed by atoms with E-state index < -0.39 is 0 Å². The van der Waals surface area contributed by atoms with Crippen LogP contribution in [0, 0.1) is 0 Å². The first-order valence-electron chi connectivity index (χ1n) is 8.48. The van der Waals surface area contributed by atoms with Gasteiger partial charge in [0.2, 0.25) is 0 Å². The van der Waals surface area contributed by atoms with Gasteiger partial charge in [-0.05, 0) is 42.8 Å². The molecule has 0 radical (unpaired) electrons. The van der Waals surface area contributed by atoms with Crippen molar-refractivity contribution in [3.63, 3.8) is 0 Å². The molecule has 29 heavy (non-hydrogen) atoms. The number of hydrogen-bond acceptors (Lipinski definition) is 4. The molecule has 0 fully saturated rings. The van der Waals surface area contributed by atoms with Crippen molar-refractivity contribution >= 4 is 64.1 Å². The number of nitrogens with one attached hydrogen (secondary N) is 1. The molecule has 1 N–H and O–H groups in total. The van der Waals surface area contributed by atoms with Crippen molar-refractivity contribution in [2.75, 3.05) is 0 Å². The Labute approximate surface area is 192 Å². The van der Waals surface area contributed by atoms with Crippen LogP contribution >= 0.6 is 58.2 Å². The van der Waals surface area contributed by atoms with E-state index in [2.05, 4.69) is 15.5 Å². The second-order valence-corrected chi connectivity index (χ2v) is 8.87. The lowest BCUT2D eigenvalue weighted by Crippen LogP contribution is -2.28. The van der Waals surface area contributed by atoms with Gasteiger partial charge in [0, 0.05) is 27.9 Å². The van der Waals surface area contributed by atoms with Crippen molar-refractivity contribution < 1.29 is 4.79 Å². The quantitative estimate of drug-likeness (QED) is 0.418. The molecule has 1 amide bonds. The Hall–Kier alpha value is -1.44. The van der Waals surface area contributed by atoms with Crippen LogP contribution in [0.5, 0.6) is 0 Å². The molecule has 3 rings (SSSR count). The predicted octanol–water partition coefficient (Wildman–Crippen LogP) is 6.21. The second kappa shape index (κ2) is 9.58. The highest BCUT2D eigenvalue weighted by Crippen LogP contribution is 2.28. The van der Waals surface area contributed by atoms with E-state index in [0.29, 0.717) is 37.4 Å². The predicted molar refractivity (Wildman–Crippen MR) is 119 cm³/mol. The normalized spacial score (nSPS) is 12.1. The molecule has 10 heteroatoms. The maximum Gasteiger partial charge on any atom is 0.253 e. The van der Waals surface area contributed by atoms with Crippen LogP contribution in [0.15, 0.2) is 41.6 Å². The molecule has 1 aromatic heterocycles. The molecular formula is C19H16Cl4N4OS. The minimum absolute atomic E-state index is 0.288. The molecule has 1 unspecified atom stereocenters. The number of rotatable bonds is 6. The number of aromatic nitrogens is 3. The van der Waals surface area contributed by atoms with Crippen molar-refractivity contribution in [2.45, 2.75) is 23.9 Å². The smallest absolute Gasteiger partial charge is 0.253 e. The first-order chi connectivity index (χ1) is 13.8. The summed E-state index contributed by atoms with van der Waals surface area (Å²) in [6.07, 6.45) is 0. The topological polar surface area (TPSA) is 59.8 Å². The summed E-state index contributed by atoms with van der Waals surface area (Å²) in [6.45, 7) is 1.83. The van der Waals surface area contributed by atoms with E-state index in [-0.39, 0.29) is 17.0 Å². The Kier molecular flexibility index (Phi) is 7.35. The summed E-state index contributed by atoms with van der Waals surface area (Å²) < 4.78 is 1.84. The van der Waals surface area contributed by atoms with Crippen LogP contribution in [-0.2, 0) is 12.8 Å². The zero-order valence-electron chi connectivity index (χ0n) is 15.4. The summed E-state index contributed by atoms with van der Waals surface area (Å²) in [4.78, 5) is 12.5. The summed E-state index contributed by atoms with van der Waals surface area (Å²) >= 11 is 25.6. The van der Waals surface area contributed by atoms with Crippen LogP contribution in [0.1, 0.15) is 34.7 Å². The molecule has 0 aliphatic heterocycles. The van der Waals surface area contributed by atoms with Gasteiger partial charge in [0.05, 0.1) is 16.6 Å². The molecule has 0 saturated carbocycles. The number of amides is 1. The first kappa shape index (κ1) is 22.2. The maximum atomic E-state index is 12.5. The molecule has 0 spiro atoms. The lowest BCUT2D eigenvalue weighted by atomic mass is 10.2. The average molecular weight is 490 g/mol. The minimum Gasteiger partial charge on any atom is -0.342 e. The molecule has 0 aliphatic carbocycles. The number of hydrogen-bond donors (Lipinski definition) is 1. The van der Waals surface area contributed by atoms with Gasteiger partial charge in [-0.1, -0.05) is 64.2 Å². The van der Waals surface area contributed by atoms with E-state index in [4.69, 9.17) is 46.4 Å². The molecule has 3 aromatic rings. The molecule has 152 valence electrons. The van der Waals surface area contributed by atoms with Gasteiger partial charge in [0.15, 0.2) is 11.0 Å². The van der Waals surface area contributed by atoms with Crippen LogP contribution in [0.4, 0.5) is 0 Å². The third-order valence-electron chi connectivity index (χ3n) is 4.15. The SMILES string of the molecule is CC(NC(=O)c1ccc(Cl)cc1Cl)c1nnc(SCc2ccc(Cl)cc2Cl)n1C. The fourth-order valence-corrected chi connectivity index (χ4v) is 4.59. The Morgan fingerprint density at radius 1 is 1.07 bits per heavy atom. The fraction of sp³-hybridized carbons (Fsp3) is 0.211. The van der Waals surface area contributed by atoms with Gasteiger partial charge < -0.3 is 9.88 Å². The van der Waals surface area contributed by atoms with E-state index in [1.165, 1.54) is 17.8 Å². The number of benzene rings is 2. The Morgan fingerprint density at radius 3 is 2.38 bits per heavy atom. The number of nitrogens with zero attached hydrogens (tertiary/aromatic N) is 3. The van der Waals surface area contributed by atoms with Crippen molar-refractivity contribution in [3.05, 3.63) is 73.4 Å². The number of thioether (sulfide) groups is 1. The van der Waals surface area contributed by atoms with Crippen molar-refractivity contribution in [1.29, 1.82) is 0 Å². The number of carbonyl (C=O) groups excluding carboxylic acids is 1. The third-order valence-corrected chi connectivity index (χ3v) is 6.35. The minimum atomic E-state index is -0.375. The van der Waals surface area contributed by atoms with Crippen molar-refractivity contribution in [2.24, 2.45) is 7.05 Å². The molecule has 0 aliphatic rings. The van der Waals surface area contributed by atoms with Crippen LogP contribution < -0.4 is 5.32 Å². The monoisotopic (exact) mass is 488 g/mol. The van der Waals surface area contributed by atoms with Crippen LogP contribution in [-0.4, -0.2) is 20.7 Å². The molecule has 5 nitrogen and oxygen atoms in total. The van der Waals surface area contributed by atoms with Gasteiger partial charge in [0.25, 0.3) is 5.91 Å². The van der Waals surface area contributed by atoms with Crippen molar-refractivity contribution in [1.82, 2.24) is 20.1 Å². The summed E-state index contributed by atoms with van der Waals surface area (Å²) in [5.74, 6) is 0.917. The van der Waals surface area contributed by atoms with Gasteiger partial charge >= 0.3 is 0 Å². The molecule has 0 saturated heterocycles. The zero-order chi connectivity index (χ0) is 21.1. The lowest BCUT2D eigenvalue weighted by molar-refractivity contribution is 0.0938. The van der Waals surface area contributed by atoms with Gasteiger partial charge in [-0.15, -0.1) is 10.2 Å². The van der Waals surface area contributed by atoms with Gasteiger partial charge in [0.1, 0.15) is 0 Å². The average Bonchev–Trinajstić information content (AvgIpc) is 3.01. The van der Waals surface area contributed by atoms with Crippen LogP contribution in [0.3, 0.4) is 0 Å². The summed E-state index contributed by atoms with van der Waals surface area (Å²) in [6, 6.07) is 9.74. The standard InChI is InChI=1S/C19H16Cl4N4OS/c1-10(24-18(28)14-6-5-13(21)8-16(14)23)17-25-26-19(27(17)2)29-9-11-3-4-12(20)7-15(11)22/h3-8,10H,9H2,1-2H3,(H,24,28). The van der Waals surface area contributed by atoms with Crippen LogP contribution in [0.25, 0.3) is 0 Å². The van der Waals surface area contributed by atoms with Crippen molar-refractivity contribution in [3.8, 4) is 0 Å². The van der Waals surface area contributed by atoms with E-state index in [9.17, 15) is 4.79 Å². The Balaban J connectivity index is 1.68. The third kappa shape index (κ3) is 5.38. The number of carbonyl (C=O) groups is 1. The largest absolute Gasteiger partial charge is 0.342 e. The second-order valence-electron chi connectivity index (χ2n) is 6.24. The first-order valence-corrected chi connectivity index (χ1v) is 11.0. The molecular weight excluding hydrogens is 474 g/mol. The highest BCUT2D eigenvalue weighted by molar-refractivity contribution is 7.98. The highest BCUT2D eigenvalue weighted by Gasteiger charge is 2.20. The van der Waals surface area contributed by atoms with Crippen LogP contribution in [0.2, 0.25) is 20.1 Å². The van der Waals surface area contributed by atoms with Gasteiger partial charge in [-0.25, -0.2) is 0 Å². The summed E-state index contributed by atoms with van der Waals surface area (Å²) in [7, 11) is 1.85. The van der Waals surface area contributed by atoms with E-state index >= 15 is 0 Å². The molecule has 1 atom stereocenters. The Morgan fingerprint density at radius 2 is 1.72 bits per heavy atom. The van der Waals surface area contributed by atoms with Gasteiger partial charge in [-0.2, -0.15) is 0 Å². The molecule has 2 aromatic carbocycles. The molecule has 1 heterocycles. The molecule has 0 bridgehead atoms. The summed E-state index contributed by atoms with van der Waals surface area (Å²) in [5, 5.41) is 14.0. The maximum absolute atomic E-state index is 12.5. The van der Waals surface area contributed by atoms with E-state index in [1.54, 1.807) is 24.3 Å². The number of halogens is 4. The van der Waals surface area contributed by atoms with E-state index in [1.807, 2.05) is 24.6 Å². The Bertz CT molecular complexity index is 1060. The van der Waals surface area contributed by atoms with Gasteiger partial charge in [-0.3, -0.25) is 4.79 Å². The lowest BCUT2D eigenvalue weighted by Gasteiger charge is -2.14. The van der Waals surface area contributed by atoms with E-state index in [0.717, 1.165) is 5.56 Å². The zero-order valence-corrected chi connectivity index (χ0v) is 19.3.